The Morgan fingerprint density at radius 2 is 1.73 bits per heavy atom. The highest BCUT2D eigenvalue weighted by molar-refractivity contribution is 7.80. The van der Waals surface area contributed by atoms with Crippen molar-refractivity contribution in [1.29, 1.82) is 0 Å². The number of rotatable bonds is 2. The van der Waals surface area contributed by atoms with E-state index in [2.05, 4.69) is 15.5 Å². The second kappa shape index (κ2) is 7.51. The highest BCUT2D eigenvalue weighted by Crippen LogP contribution is 2.35. The van der Waals surface area contributed by atoms with Crippen LogP contribution in [0.5, 0.6) is 0 Å². The lowest BCUT2D eigenvalue weighted by molar-refractivity contribution is -0.129. The van der Waals surface area contributed by atoms with E-state index in [1.807, 2.05) is 20.8 Å². The molecule has 0 aromatic heterocycles. The Morgan fingerprint density at radius 1 is 1.15 bits per heavy atom. The molecule has 1 aromatic carbocycles. The van der Waals surface area contributed by atoms with Crippen LogP contribution < -0.4 is 10.6 Å². The maximum Gasteiger partial charge on any atom is 0.225 e. The van der Waals surface area contributed by atoms with Gasteiger partial charge in [0.15, 0.2) is 5.11 Å². The van der Waals surface area contributed by atoms with Crippen molar-refractivity contribution in [2.24, 2.45) is 5.41 Å². The average molecular weight is 378 g/mol. The zero-order valence-corrected chi connectivity index (χ0v) is 16.5. The van der Waals surface area contributed by atoms with Gasteiger partial charge in [-0.2, -0.15) is 0 Å². The SMILES string of the molecule is CC(C)(C)C(=O)NC1CC2CCCC(C1)N2C(=S)Nc1ccc(F)cc1. The molecule has 2 aliphatic rings. The first kappa shape index (κ1) is 19.1. The Bertz CT molecular complexity index is 657. The summed E-state index contributed by atoms with van der Waals surface area (Å²) in [5, 5.41) is 7.18. The maximum atomic E-state index is 13.1. The fourth-order valence-corrected chi connectivity index (χ4v) is 4.37. The third-order valence-corrected chi connectivity index (χ3v) is 5.63. The summed E-state index contributed by atoms with van der Waals surface area (Å²) >= 11 is 5.66. The summed E-state index contributed by atoms with van der Waals surface area (Å²) in [4.78, 5) is 14.7. The summed E-state index contributed by atoms with van der Waals surface area (Å²) in [7, 11) is 0. The van der Waals surface area contributed by atoms with Crippen molar-refractivity contribution in [3.63, 3.8) is 0 Å². The number of amides is 1. The van der Waals surface area contributed by atoms with Gasteiger partial charge in [0.2, 0.25) is 5.91 Å². The number of hydrogen-bond donors (Lipinski definition) is 2. The molecule has 2 bridgehead atoms. The topological polar surface area (TPSA) is 44.4 Å². The lowest BCUT2D eigenvalue weighted by atomic mass is 9.81. The molecular weight excluding hydrogens is 349 g/mol. The van der Waals surface area contributed by atoms with Crippen LogP contribution in [0.15, 0.2) is 24.3 Å². The molecule has 142 valence electrons. The number of fused-ring (bicyclic) bond motifs is 2. The fourth-order valence-electron chi connectivity index (χ4n) is 3.95. The van der Waals surface area contributed by atoms with Gasteiger partial charge in [0.25, 0.3) is 0 Å². The number of nitrogens with zero attached hydrogens (tertiary/aromatic N) is 1. The zero-order valence-electron chi connectivity index (χ0n) is 15.7. The Labute approximate surface area is 160 Å². The quantitative estimate of drug-likeness (QED) is 0.763. The summed E-state index contributed by atoms with van der Waals surface area (Å²) in [5.41, 5.74) is 0.434. The minimum absolute atomic E-state index is 0.112. The van der Waals surface area contributed by atoms with Crippen LogP contribution in [0.3, 0.4) is 0 Å². The number of piperidine rings is 2. The summed E-state index contributed by atoms with van der Waals surface area (Å²) < 4.78 is 13.1. The molecule has 0 radical (unpaired) electrons. The van der Waals surface area contributed by atoms with Gasteiger partial charge >= 0.3 is 0 Å². The predicted molar refractivity (Wildman–Crippen MR) is 107 cm³/mol. The minimum atomic E-state index is -0.369. The largest absolute Gasteiger partial charge is 0.353 e. The van der Waals surface area contributed by atoms with Crippen LogP contribution in [0, 0.1) is 11.2 Å². The van der Waals surface area contributed by atoms with Gasteiger partial charge in [-0.05, 0) is 68.6 Å². The zero-order chi connectivity index (χ0) is 18.9. The van der Waals surface area contributed by atoms with Gasteiger partial charge in [-0.15, -0.1) is 0 Å². The first-order valence-electron chi connectivity index (χ1n) is 9.40. The normalized spacial score (nSPS) is 25.5. The standard InChI is InChI=1S/C20H28FN3OS/c1-20(2,3)18(25)22-15-11-16-5-4-6-17(12-15)24(16)19(26)23-14-9-7-13(21)8-10-14/h7-10,15-17H,4-6,11-12H2,1-3H3,(H,22,25)(H,23,26). The van der Waals surface area contributed by atoms with Crippen molar-refractivity contribution >= 4 is 28.9 Å². The Morgan fingerprint density at radius 3 is 2.27 bits per heavy atom. The minimum Gasteiger partial charge on any atom is -0.353 e. The number of carbonyl (C=O) groups excluding carboxylic acids is 1. The second-order valence-electron chi connectivity index (χ2n) is 8.47. The lowest BCUT2D eigenvalue weighted by Crippen LogP contribution is -2.60. The van der Waals surface area contributed by atoms with E-state index in [9.17, 15) is 9.18 Å². The van der Waals surface area contributed by atoms with E-state index in [4.69, 9.17) is 12.2 Å². The summed E-state index contributed by atoms with van der Waals surface area (Å²) in [6.45, 7) is 5.83. The van der Waals surface area contributed by atoms with Crippen LogP contribution in [-0.2, 0) is 4.79 Å². The lowest BCUT2D eigenvalue weighted by Gasteiger charge is -2.50. The van der Waals surface area contributed by atoms with Crippen molar-refractivity contribution < 1.29 is 9.18 Å². The van der Waals surface area contributed by atoms with E-state index in [0.29, 0.717) is 17.2 Å². The van der Waals surface area contributed by atoms with Crippen molar-refractivity contribution in [2.75, 3.05) is 5.32 Å². The molecule has 2 fully saturated rings. The molecule has 1 amide bonds. The fraction of sp³-hybridized carbons (Fsp3) is 0.600. The molecule has 0 spiro atoms. The summed E-state index contributed by atoms with van der Waals surface area (Å²) in [5.74, 6) is -0.144. The summed E-state index contributed by atoms with van der Waals surface area (Å²) in [6, 6.07) is 7.16. The van der Waals surface area contributed by atoms with Crippen LogP contribution in [0.4, 0.5) is 10.1 Å². The number of anilines is 1. The van der Waals surface area contributed by atoms with Crippen molar-refractivity contribution in [2.45, 2.75) is 71.0 Å². The van der Waals surface area contributed by atoms with E-state index in [-0.39, 0.29) is 23.2 Å². The number of halogens is 1. The Kier molecular flexibility index (Phi) is 5.51. The number of benzene rings is 1. The molecule has 2 unspecified atom stereocenters. The first-order valence-corrected chi connectivity index (χ1v) is 9.81. The van der Waals surface area contributed by atoms with E-state index >= 15 is 0 Å². The highest BCUT2D eigenvalue weighted by Gasteiger charge is 2.40. The smallest absolute Gasteiger partial charge is 0.225 e. The number of carbonyl (C=O) groups is 1. The van der Waals surface area contributed by atoms with Crippen molar-refractivity contribution in [3.8, 4) is 0 Å². The van der Waals surface area contributed by atoms with Gasteiger partial charge in [-0.1, -0.05) is 20.8 Å². The third kappa shape index (κ3) is 4.34. The maximum absolute atomic E-state index is 13.1. The highest BCUT2D eigenvalue weighted by atomic mass is 32.1. The molecule has 3 rings (SSSR count). The molecule has 2 heterocycles. The molecule has 0 aliphatic carbocycles. The van der Waals surface area contributed by atoms with Crippen LogP contribution in [0.1, 0.15) is 52.9 Å². The average Bonchev–Trinajstić information content (AvgIpc) is 2.55. The molecule has 4 nitrogen and oxygen atoms in total. The number of hydrogen-bond acceptors (Lipinski definition) is 2. The van der Waals surface area contributed by atoms with E-state index in [0.717, 1.165) is 31.4 Å². The molecule has 2 atom stereocenters. The van der Waals surface area contributed by atoms with Gasteiger partial charge in [-0.25, -0.2) is 4.39 Å². The molecule has 0 saturated carbocycles. The Balaban J connectivity index is 1.65. The molecular formula is C20H28FN3OS. The van der Waals surface area contributed by atoms with Crippen LogP contribution in [0.25, 0.3) is 0 Å². The molecule has 2 N–H and O–H groups in total. The molecule has 26 heavy (non-hydrogen) atoms. The molecule has 6 heteroatoms. The van der Waals surface area contributed by atoms with E-state index in [1.165, 1.54) is 18.6 Å². The van der Waals surface area contributed by atoms with Gasteiger partial charge in [0.1, 0.15) is 5.82 Å². The van der Waals surface area contributed by atoms with E-state index in [1.54, 1.807) is 12.1 Å². The van der Waals surface area contributed by atoms with E-state index < -0.39 is 0 Å². The number of thiocarbonyl (C=S) groups is 1. The second-order valence-corrected chi connectivity index (χ2v) is 8.86. The Hall–Kier alpha value is -1.69. The van der Waals surface area contributed by atoms with Gasteiger partial charge in [0, 0.05) is 29.2 Å². The molecule has 2 aliphatic heterocycles. The third-order valence-electron chi connectivity index (χ3n) is 5.32. The first-order chi connectivity index (χ1) is 12.2. The van der Waals surface area contributed by atoms with Gasteiger partial charge in [0.05, 0.1) is 0 Å². The van der Waals surface area contributed by atoms with Gasteiger partial charge < -0.3 is 15.5 Å². The predicted octanol–water partition coefficient (Wildman–Crippen LogP) is 4.07. The monoisotopic (exact) mass is 377 g/mol. The van der Waals surface area contributed by atoms with Crippen LogP contribution >= 0.6 is 12.2 Å². The van der Waals surface area contributed by atoms with Crippen LogP contribution in [0.2, 0.25) is 0 Å². The van der Waals surface area contributed by atoms with Crippen LogP contribution in [-0.4, -0.2) is 34.0 Å². The van der Waals surface area contributed by atoms with Crippen molar-refractivity contribution in [3.05, 3.63) is 30.1 Å². The van der Waals surface area contributed by atoms with Gasteiger partial charge in [-0.3, -0.25) is 4.79 Å². The number of nitrogens with one attached hydrogen (secondary N) is 2. The molecule has 2 saturated heterocycles. The van der Waals surface area contributed by atoms with Crippen molar-refractivity contribution in [1.82, 2.24) is 10.2 Å². The summed E-state index contributed by atoms with van der Waals surface area (Å²) in [6.07, 6.45) is 5.21. The molecule has 1 aromatic rings.